The highest BCUT2D eigenvalue weighted by Gasteiger charge is 2.44. The highest BCUT2D eigenvalue weighted by molar-refractivity contribution is 5.70. The lowest BCUT2D eigenvalue weighted by Gasteiger charge is -2.17. The largest absolute Gasteiger partial charge is 0.394 e. The molecule has 108 valence electrons. The van der Waals surface area contributed by atoms with E-state index in [1.165, 1.54) is 10.7 Å². The van der Waals surface area contributed by atoms with Gasteiger partial charge in [-0.1, -0.05) is 5.21 Å². The molecule has 20 heavy (non-hydrogen) atoms. The second-order valence-electron chi connectivity index (χ2n) is 4.69. The van der Waals surface area contributed by atoms with Crippen LogP contribution in [0.4, 0.5) is 0 Å². The van der Waals surface area contributed by atoms with Crippen molar-refractivity contribution in [2.24, 2.45) is 7.05 Å². The van der Waals surface area contributed by atoms with E-state index >= 15 is 0 Å². The van der Waals surface area contributed by atoms with E-state index in [9.17, 15) is 15.0 Å². The second-order valence-corrected chi connectivity index (χ2v) is 4.69. The number of nitrogens with zero attached hydrogens (tertiary/aromatic N) is 4. The van der Waals surface area contributed by atoms with Crippen LogP contribution in [0.25, 0.3) is 11.2 Å². The molecule has 2 aromatic rings. The van der Waals surface area contributed by atoms with E-state index in [1.54, 1.807) is 13.1 Å². The minimum Gasteiger partial charge on any atom is -0.394 e. The summed E-state index contributed by atoms with van der Waals surface area (Å²) >= 11 is 0. The van der Waals surface area contributed by atoms with E-state index in [-0.39, 0.29) is 5.65 Å². The van der Waals surface area contributed by atoms with Gasteiger partial charge in [0.15, 0.2) is 11.9 Å². The predicted octanol–water partition coefficient (Wildman–Crippen LogP) is -2.26. The Balaban J connectivity index is 2.15. The van der Waals surface area contributed by atoms with E-state index in [1.807, 2.05) is 0 Å². The Hall–Kier alpha value is -1.81. The van der Waals surface area contributed by atoms with Gasteiger partial charge in [0.1, 0.15) is 23.8 Å². The van der Waals surface area contributed by atoms with Crippen LogP contribution in [0.15, 0.2) is 16.9 Å². The average Bonchev–Trinajstić information content (AvgIpc) is 2.93. The standard InChI is InChI=1S/C11H14N4O5/c1-14-5-2-3-7(17)15(10(5)12-13-14)11-9(19)8(18)6(4-16)20-11/h2-3,6,8-9,11,16,18-19H,4H2,1H3/t6-,8+,9+,11-/m1/s1. The summed E-state index contributed by atoms with van der Waals surface area (Å²) in [5, 5.41) is 36.5. The first kappa shape index (κ1) is 13.2. The van der Waals surface area contributed by atoms with Crippen molar-refractivity contribution in [1.29, 1.82) is 0 Å². The number of fused-ring (bicyclic) bond motifs is 1. The van der Waals surface area contributed by atoms with Crippen LogP contribution in [0.3, 0.4) is 0 Å². The molecule has 0 saturated carbocycles. The first-order valence-corrected chi connectivity index (χ1v) is 6.08. The zero-order valence-corrected chi connectivity index (χ0v) is 10.6. The SMILES string of the molecule is Cn1nnc2c1ccc(=O)n2[C@@H]1O[C@H](CO)[C@H](O)[C@@H]1O. The number of ether oxygens (including phenoxy) is 1. The quantitative estimate of drug-likeness (QED) is 0.568. The summed E-state index contributed by atoms with van der Waals surface area (Å²) in [4.78, 5) is 12.0. The molecule has 3 heterocycles. The Morgan fingerprint density at radius 1 is 1.35 bits per heavy atom. The molecule has 0 aliphatic carbocycles. The van der Waals surface area contributed by atoms with Crippen LogP contribution in [0.5, 0.6) is 0 Å². The van der Waals surface area contributed by atoms with E-state index in [2.05, 4.69) is 10.3 Å². The molecule has 0 bridgehead atoms. The summed E-state index contributed by atoms with van der Waals surface area (Å²) in [5.41, 5.74) is 0.394. The molecule has 1 aliphatic heterocycles. The normalized spacial score (nSPS) is 30.2. The van der Waals surface area contributed by atoms with Gasteiger partial charge >= 0.3 is 0 Å². The number of rotatable bonds is 2. The molecule has 1 fully saturated rings. The maximum Gasteiger partial charge on any atom is 0.254 e. The van der Waals surface area contributed by atoms with Crippen molar-refractivity contribution in [1.82, 2.24) is 19.6 Å². The number of pyridine rings is 1. The third-order valence-electron chi connectivity index (χ3n) is 3.47. The molecule has 0 radical (unpaired) electrons. The fourth-order valence-corrected chi connectivity index (χ4v) is 2.38. The summed E-state index contributed by atoms with van der Waals surface area (Å²) in [6.45, 7) is -0.458. The van der Waals surface area contributed by atoms with Gasteiger partial charge in [0, 0.05) is 13.1 Å². The van der Waals surface area contributed by atoms with Crippen LogP contribution < -0.4 is 5.56 Å². The van der Waals surface area contributed by atoms with E-state index in [0.29, 0.717) is 5.52 Å². The number of aliphatic hydroxyl groups is 3. The lowest BCUT2D eigenvalue weighted by atomic mass is 10.1. The Kier molecular flexibility index (Phi) is 3.05. The van der Waals surface area contributed by atoms with Crippen molar-refractivity contribution in [3.8, 4) is 0 Å². The predicted molar refractivity (Wildman–Crippen MR) is 65.8 cm³/mol. The van der Waals surface area contributed by atoms with Gasteiger partial charge < -0.3 is 20.1 Å². The molecule has 0 spiro atoms. The zero-order valence-electron chi connectivity index (χ0n) is 10.6. The lowest BCUT2D eigenvalue weighted by Crippen LogP contribution is -2.35. The summed E-state index contributed by atoms with van der Waals surface area (Å²) in [6, 6.07) is 2.87. The molecule has 3 N–H and O–H groups in total. The molecule has 2 aromatic heterocycles. The van der Waals surface area contributed by atoms with Crippen molar-refractivity contribution in [3.05, 3.63) is 22.5 Å². The maximum atomic E-state index is 12.0. The highest BCUT2D eigenvalue weighted by Crippen LogP contribution is 2.29. The van der Waals surface area contributed by atoms with Gasteiger partial charge in [-0.05, 0) is 6.07 Å². The topological polar surface area (TPSA) is 123 Å². The van der Waals surface area contributed by atoms with Crippen molar-refractivity contribution in [2.45, 2.75) is 24.5 Å². The first-order valence-electron chi connectivity index (χ1n) is 6.08. The molecule has 3 rings (SSSR count). The molecule has 0 amide bonds. The van der Waals surface area contributed by atoms with Crippen LogP contribution in [-0.4, -0.2) is 59.8 Å². The van der Waals surface area contributed by atoms with Crippen LogP contribution in [0.1, 0.15) is 6.23 Å². The Bertz CT molecular complexity index is 696. The Morgan fingerprint density at radius 3 is 2.75 bits per heavy atom. The number of aromatic nitrogens is 4. The average molecular weight is 282 g/mol. The Morgan fingerprint density at radius 2 is 2.10 bits per heavy atom. The number of aliphatic hydroxyl groups excluding tert-OH is 3. The van der Waals surface area contributed by atoms with Crippen LogP contribution in [0, 0.1) is 0 Å². The van der Waals surface area contributed by atoms with E-state index < -0.39 is 36.7 Å². The molecule has 4 atom stereocenters. The maximum absolute atomic E-state index is 12.0. The third-order valence-corrected chi connectivity index (χ3v) is 3.47. The fourth-order valence-electron chi connectivity index (χ4n) is 2.38. The minimum absolute atomic E-state index is 0.245. The molecule has 9 nitrogen and oxygen atoms in total. The van der Waals surface area contributed by atoms with Gasteiger partial charge in [0.25, 0.3) is 5.56 Å². The molecule has 1 aliphatic rings. The van der Waals surface area contributed by atoms with Crippen molar-refractivity contribution in [3.63, 3.8) is 0 Å². The first-order chi connectivity index (χ1) is 9.54. The van der Waals surface area contributed by atoms with E-state index in [4.69, 9.17) is 9.84 Å². The molecular formula is C11H14N4O5. The lowest BCUT2D eigenvalue weighted by molar-refractivity contribution is -0.0524. The number of hydrogen-bond acceptors (Lipinski definition) is 7. The molecule has 1 saturated heterocycles. The monoisotopic (exact) mass is 282 g/mol. The van der Waals surface area contributed by atoms with Gasteiger partial charge in [-0.2, -0.15) is 0 Å². The smallest absolute Gasteiger partial charge is 0.254 e. The van der Waals surface area contributed by atoms with Crippen LogP contribution in [0.2, 0.25) is 0 Å². The molecular weight excluding hydrogens is 268 g/mol. The van der Waals surface area contributed by atoms with Gasteiger partial charge in [-0.15, -0.1) is 5.10 Å². The van der Waals surface area contributed by atoms with Crippen molar-refractivity contribution >= 4 is 11.2 Å². The van der Waals surface area contributed by atoms with Crippen molar-refractivity contribution < 1.29 is 20.1 Å². The van der Waals surface area contributed by atoms with Gasteiger partial charge in [0.2, 0.25) is 0 Å². The van der Waals surface area contributed by atoms with Crippen LogP contribution >= 0.6 is 0 Å². The molecule has 9 heteroatoms. The van der Waals surface area contributed by atoms with Crippen LogP contribution in [-0.2, 0) is 11.8 Å². The summed E-state index contributed by atoms with van der Waals surface area (Å²) in [7, 11) is 1.67. The molecule has 0 unspecified atom stereocenters. The fraction of sp³-hybridized carbons (Fsp3) is 0.545. The second kappa shape index (κ2) is 4.63. The number of aryl methyl sites for hydroxylation is 1. The number of hydrogen-bond donors (Lipinski definition) is 3. The van der Waals surface area contributed by atoms with Gasteiger partial charge in [-0.3, -0.25) is 9.36 Å². The van der Waals surface area contributed by atoms with Gasteiger partial charge in [0.05, 0.1) is 6.61 Å². The summed E-state index contributed by atoms with van der Waals surface area (Å²) in [6.07, 6.45) is -4.68. The third kappa shape index (κ3) is 1.75. The Labute approximate surface area is 112 Å². The highest BCUT2D eigenvalue weighted by atomic mass is 16.6. The summed E-state index contributed by atoms with van der Waals surface area (Å²) < 4.78 is 7.96. The molecule has 0 aromatic carbocycles. The zero-order chi connectivity index (χ0) is 14.4. The van der Waals surface area contributed by atoms with Crippen molar-refractivity contribution in [2.75, 3.05) is 6.61 Å². The van der Waals surface area contributed by atoms with E-state index in [0.717, 1.165) is 4.57 Å². The minimum atomic E-state index is -1.34. The summed E-state index contributed by atoms with van der Waals surface area (Å²) in [5.74, 6) is 0. The van der Waals surface area contributed by atoms with Gasteiger partial charge in [-0.25, -0.2) is 4.68 Å².